The summed E-state index contributed by atoms with van der Waals surface area (Å²) < 4.78 is 6.61. The van der Waals surface area contributed by atoms with Crippen LogP contribution in [0.5, 0.6) is 0 Å². The number of fused-ring (bicyclic) bond motifs is 1. The number of nitrogens with zero attached hydrogens (tertiary/aromatic N) is 4. The predicted molar refractivity (Wildman–Crippen MR) is 106 cm³/mol. The number of hydrogen-bond donors (Lipinski definition) is 1. The van der Waals surface area contributed by atoms with Gasteiger partial charge in [0, 0.05) is 17.7 Å². The van der Waals surface area contributed by atoms with Gasteiger partial charge >= 0.3 is 5.97 Å². The van der Waals surface area contributed by atoms with Gasteiger partial charge in [0.2, 0.25) is 5.91 Å². The van der Waals surface area contributed by atoms with Crippen LogP contribution in [0.3, 0.4) is 0 Å². The SMILES string of the molecule is C[C@H]1C(=O)Nc2ccc(C(=O)COC(=O)[C@@H](Cc3ccccc3)n3cnnn3)cc21. The minimum atomic E-state index is -0.794. The van der Waals surface area contributed by atoms with Crippen molar-refractivity contribution in [2.75, 3.05) is 11.9 Å². The van der Waals surface area contributed by atoms with Crippen LogP contribution in [0.15, 0.2) is 54.9 Å². The van der Waals surface area contributed by atoms with Gasteiger partial charge in [-0.1, -0.05) is 30.3 Å². The molecule has 4 rings (SSSR count). The molecule has 0 radical (unpaired) electrons. The van der Waals surface area contributed by atoms with Crippen molar-refractivity contribution in [1.82, 2.24) is 20.2 Å². The van der Waals surface area contributed by atoms with Crippen molar-refractivity contribution in [3.8, 4) is 0 Å². The number of ketones is 1. The molecule has 3 aromatic rings. The second kappa shape index (κ2) is 8.24. The van der Waals surface area contributed by atoms with E-state index in [2.05, 4.69) is 20.8 Å². The smallest absolute Gasteiger partial charge is 0.331 e. The Kier molecular flexibility index (Phi) is 5.34. The summed E-state index contributed by atoms with van der Waals surface area (Å²) in [7, 11) is 0. The number of hydrogen-bond acceptors (Lipinski definition) is 7. The van der Waals surface area contributed by atoms with Crippen molar-refractivity contribution in [3.63, 3.8) is 0 Å². The van der Waals surface area contributed by atoms with Crippen molar-refractivity contribution >= 4 is 23.3 Å². The highest BCUT2D eigenvalue weighted by Crippen LogP contribution is 2.32. The number of amides is 1. The van der Waals surface area contributed by atoms with Crippen molar-refractivity contribution in [2.45, 2.75) is 25.3 Å². The number of tetrazole rings is 1. The molecule has 0 aliphatic carbocycles. The molecule has 2 atom stereocenters. The van der Waals surface area contributed by atoms with Crippen LogP contribution in [0.4, 0.5) is 5.69 Å². The van der Waals surface area contributed by atoms with Crippen molar-refractivity contribution in [2.24, 2.45) is 0 Å². The normalized spacial score (nSPS) is 15.9. The molecule has 9 heteroatoms. The Morgan fingerprint density at radius 3 is 2.73 bits per heavy atom. The molecule has 0 saturated heterocycles. The van der Waals surface area contributed by atoms with Gasteiger partial charge in [0.1, 0.15) is 6.33 Å². The summed E-state index contributed by atoms with van der Waals surface area (Å²) in [4.78, 5) is 37.1. The van der Waals surface area contributed by atoms with E-state index < -0.39 is 18.6 Å². The van der Waals surface area contributed by atoms with Crippen LogP contribution in [0.25, 0.3) is 0 Å². The van der Waals surface area contributed by atoms with E-state index in [1.165, 1.54) is 11.0 Å². The molecular weight excluding hydrogens is 386 g/mol. The second-order valence-electron chi connectivity index (χ2n) is 7.04. The second-order valence-corrected chi connectivity index (χ2v) is 7.04. The van der Waals surface area contributed by atoms with E-state index in [-0.39, 0.29) is 17.6 Å². The number of Topliss-reactive ketones (excluding diaryl/α,β-unsaturated/α-hetero) is 1. The first-order chi connectivity index (χ1) is 14.5. The molecule has 0 spiro atoms. The highest BCUT2D eigenvalue weighted by atomic mass is 16.5. The monoisotopic (exact) mass is 405 g/mol. The number of ether oxygens (including phenoxy) is 1. The lowest BCUT2D eigenvalue weighted by molar-refractivity contribution is -0.146. The Labute approximate surface area is 172 Å². The van der Waals surface area contributed by atoms with E-state index in [9.17, 15) is 14.4 Å². The van der Waals surface area contributed by atoms with Crippen LogP contribution in [0.2, 0.25) is 0 Å². The number of benzene rings is 2. The highest BCUT2D eigenvalue weighted by molar-refractivity contribution is 6.05. The number of nitrogens with one attached hydrogen (secondary N) is 1. The number of carbonyl (C=O) groups excluding carboxylic acids is 3. The summed E-state index contributed by atoms with van der Waals surface area (Å²) in [6.45, 7) is 1.36. The Morgan fingerprint density at radius 1 is 1.20 bits per heavy atom. The van der Waals surface area contributed by atoms with Gasteiger partial charge in [-0.25, -0.2) is 9.48 Å². The number of carbonyl (C=O) groups is 3. The molecule has 152 valence electrons. The Morgan fingerprint density at radius 2 is 2.00 bits per heavy atom. The third kappa shape index (κ3) is 3.95. The van der Waals surface area contributed by atoms with Crippen molar-refractivity contribution < 1.29 is 19.1 Å². The predicted octanol–water partition coefficient (Wildman–Crippen LogP) is 1.94. The molecular formula is C21H19N5O4. The van der Waals surface area contributed by atoms with Crippen LogP contribution < -0.4 is 5.32 Å². The zero-order valence-electron chi connectivity index (χ0n) is 16.2. The van der Waals surface area contributed by atoms with E-state index in [0.717, 1.165) is 11.1 Å². The maximum Gasteiger partial charge on any atom is 0.331 e. The third-order valence-corrected chi connectivity index (χ3v) is 5.06. The molecule has 1 aromatic heterocycles. The number of aromatic nitrogens is 4. The topological polar surface area (TPSA) is 116 Å². The molecule has 1 aliphatic heterocycles. The molecule has 2 heterocycles. The highest BCUT2D eigenvalue weighted by Gasteiger charge is 2.28. The van der Waals surface area contributed by atoms with Crippen LogP contribution in [0.1, 0.15) is 40.4 Å². The van der Waals surface area contributed by atoms with Crippen molar-refractivity contribution in [1.29, 1.82) is 0 Å². The van der Waals surface area contributed by atoms with Crippen LogP contribution in [-0.4, -0.2) is 44.5 Å². The molecule has 1 N–H and O–H groups in total. The van der Waals surface area contributed by atoms with Gasteiger partial charge in [0.05, 0.1) is 5.92 Å². The molecule has 30 heavy (non-hydrogen) atoms. The fourth-order valence-corrected chi connectivity index (χ4v) is 3.34. The quantitative estimate of drug-likeness (QED) is 0.472. The average molecular weight is 405 g/mol. The van der Waals surface area contributed by atoms with Crippen molar-refractivity contribution in [3.05, 3.63) is 71.5 Å². The largest absolute Gasteiger partial charge is 0.456 e. The fourth-order valence-electron chi connectivity index (χ4n) is 3.34. The standard InChI is InChI=1S/C21H19N5O4/c1-13-16-10-15(7-8-17(16)23-20(13)28)19(27)11-30-21(29)18(26-12-22-24-25-26)9-14-5-3-2-4-6-14/h2-8,10,12-13,18H,9,11H2,1H3,(H,23,28)/t13-,18-/m1/s1. The summed E-state index contributed by atoms with van der Waals surface area (Å²) in [6.07, 6.45) is 1.66. The van der Waals surface area contributed by atoms with Crippen LogP contribution >= 0.6 is 0 Å². The lowest BCUT2D eigenvalue weighted by atomic mass is 9.99. The number of anilines is 1. The summed E-state index contributed by atoms with van der Waals surface area (Å²) in [5.74, 6) is -1.39. The Balaban J connectivity index is 1.45. The van der Waals surface area contributed by atoms with Gasteiger partial charge in [0.25, 0.3) is 0 Å². The van der Waals surface area contributed by atoms with Gasteiger partial charge in [-0.2, -0.15) is 0 Å². The average Bonchev–Trinajstić information content (AvgIpc) is 3.39. The molecule has 1 amide bonds. The molecule has 9 nitrogen and oxygen atoms in total. The minimum Gasteiger partial charge on any atom is -0.456 e. The molecule has 1 aliphatic rings. The van der Waals surface area contributed by atoms with E-state index in [1.54, 1.807) is 25.1 Å². The van der Waals surface area contributed by atoms with Gasteiger partial charge < -0.3 is 10.1 Å². The van der Waals surface area contributed by atoms with Gasteiger partial charge in [-0.15, -0.1) is 5.10 Å². The first kappa shape index (κ1) is 19.4. The molecule has 0 bridgehead atoms. The zero-order chi connectivity index (χ0) is 21.1. The first-order valence-corrected chi connectivity index (χ1v) is 9.44. The lowest BCUT2D eigenvalue weighted by Crippen LogP contribution is -2.26. The van der Waals surface area contributed by atoms with Gasteiger partial charge in [0.15, 0.2) is 18.4 Å². The summed E-state index contributed by atoms with van der Waals surface area (Å²) in [5.41, 5.74) is 2.74. The number of rotatable bonds is 7. The molecule has 0 saturated carbocycles. The minimum absolute atomic E-state index is 0.105. The van der Waals surface area contributed by atoms with E-state index in [0.29, 0.717) is 17.7 Å². The van der Waals surface area contributed by atoms with E-state index in [1.807, 2.05) is 30.3 Å². The number of esters is 1. The van der Waals surface area contributed by atoms with Gasteiger partial charge in [-0.3, -0.25) is 9.59 Å². The molecule has 0 fully saturated rings. The summed E-state index contributed by atoms with van der Waals surface area (Å²) in [5, 5.41) is 13.7. The maximum atomic E-state index is 12.7. The summed E-state index contributed by atoms with van der Waals surface area (Å²) in [6, 6.07) is 13.6. The van der Waals surface area contributed by atoms with E-state index >= 15 is 0 Å². The summed E-state index contributed by atoms with van der Waals surface area (Å²) >= 11 is 0. The molecule has 0 unspecified atom stereocenters. The van der Waals surface area contributed by atoms with E-state index in [4.69, 9.17) is 4.74 Å². The zero-order valence-corrected chi connectivity index (χ0v) is 16.2. The Hall–Kier alpha value is -3.88. The first-order valence-electron chi connectivity index (χ1n) is 9.44. The Bertz CT molecular complexity index is 1080. The molecule has 2 aromatic carbocycles. The maximum absolute atomic E-state index is 12.7. The van der Waals surface area contributed by atoms with Crippen LogP contribution in [-0.2, 0) is 20.7 Å². The van der Waals surface area contributed by atoms with Crippen LogP contribution in [0, 0.1) is 0 Å². The van der Waals surface area contributed by atoms with Gasteiger partial charge in [-0.05, 0) is 46.7 Å². The lowest BCUT2D eigenvalue weighted by Gasteiger charge is -2.15. The fraction of sp³-hybridized carbons (Fsp3) is 0.238. The third-order valence-electron chi connectivity index (χ3n) is 5.06.